The van der Waals surface area contributed by atoms with E-state index in [-0.39, 0.29) is 12.1 Å². The summed E-state index contributed by atoms with van der Waals surface area (Å²) < 4.78 is 43.2. The average molecular weight is 273 g/mol. The Labute approximate surface area is 111 Å². The summed E-state index contributed by atoms with van der Waals surface area (Å²) in [5.41, 5.74) is -0.0896. The van der Waals surface area contributed by atoms with E-state index in [0.717, 1.165) is 37.8 Å². The zero-order valence-corrected chi connectivity index (χ0v) is 10.8. The Balaban J connectivity index is 2.03. The molecule has 2 atom stereocenters. The Morgan fingerprint density at radius 1 is 1.26 bits per heavy atom. The van der Waals surface area contributed by atoms with Crippen LogP contribution in [0.3, 0.4) is 0 Å². The SMILES string of the molecule is COC1CCCC(Nc2cccc(C(F)(F)F)c2)C1. The highest BCUT2D eigenvalue weighted by atomic mass is 19.4. The number of methoxy groups -OCH3 is 1. The predicted octanol–water partition coefficient (Wildman–Crippen LogP) is 4.07. The second kappa shape index (κ2) is 5.82. The second-order valence-electron chi connectivity index (χ2n) is 4.94. The van der Waals surface area contributed by atoms with Gasteiger partial charge in [-0.1, -0.05) is 6.07 Å². The van der Waals surface area contributed by atoms with Crippen molar-refractivity contribution in [2.45, 2.75) is 44.0 Å². The van der Waals surface area contributed by atoms with E-state index in [4.69, 9.17) is 4.74 Å². The van der Waals surface area contributed by atoms with Gasteiger partial charge in [-0.3, -0.25) is 0 Å². The minimum absolute atomic E-state index is 0.183. The van der Waals surface area contributed by atoms with E-state index in [9.17, 15) is 13.2 Å². The van der Waals surface area contributed by atoms with Crippen molar-refractivity contribution in [1.29, 1.82) is 0 Å². The molecule has 2 rings (SSSR count). The van der Waals surface area contributed by atoms with Crippen molar-refractivity contribution in [2.24, 2.45) is 0 Å². The van der Waals surface area contributed by atoms with Crippen molar-refractivity contribution in [2.75, 3.05) is 12.4 Å². The first-order chi connectivity index (χ1) is 8.99. The molecule has 1 aromatic carbocycles. The van der Waals surface area contributed by atoms with Gasteiger partial charge in [0.05, 0.1) is 11.7 Å². The zero-order chi connectivity index (χ0) is 13.9. The van der Waals surface area contributed by atoms with Crippen molar-refractivity contribution < 1.29 is 17.9 Å². The van der Waals surface area contributed by atoms with Crippen molar-refractivity contribution in [3.63, 3.8) is 0 Å². The molecule has 0 aliphatic heterocycles. The van der Waals surface area contributed by atoms with Crippen molar-refractivity contribution in [3.8, 4) is 0 Å². The van der Waals surface area contributed by atoms with Gasteiger partial charge in [0.2, 0.25) is 0 Å². The summed E-state index contributed by atoms with van der Waals surface area (Å²) in [6, 6.07) is 5.54. The maximum Gasteiger partial charge on any atom is 0.416 e. The van der Waals surface area contributed by atoms with Gasteiger partial charge in [-0.2, -0.15) is 13.2 Å². The number of nitrogens with one attached hydrogen (secondary N) is 1. The number of halogens is 3. The van der Waals surface area contributed by atoms with Gasteiger partial charge >= 0.3 is 6.18 Å². The molecule has 106 valence electrons. The lowest BCUT2D eigenvalue weighted by Gasteiger charge is -2.29. The fourth-order valence-electron chi connectivity index (χ4n) is 2.51. The molecule has 2 nitrogen and oxygen atoms in total. The quantitative estimate of drug-likeness (QED) is 0.896. The summed E-state index contributed by atoms with van der Waals surface area (Å²) in [6.45, 7) is 0. The molecule has 1 saturated carbocycles. The van der Waals surface area contributed by atoms with Gasteiger partial charge in [-0.25, -0.2) is 0 Å². The third-order valence-corrected chi connectivity index (χ3v) is 3.52. The van der Waals surface area contributed by atoms with Crippen LogP contribution in [0.5, 0.6) is 0 Å². The molecule has 0 aromatic heterocycles. The van der Waals surface area contributed by atoms with E-state index in [2.05, 4.69) is 5.32 Å². The first kappa shape index (κ1) is 14.2. The third kappa shape index (κ3) is 3.86. The number of alkyl halides is 3. The highest BCUT2D eigenvalue weighted by Crippen LogP contribution is 2.31. The summed E-state index contributed by atoms with van der Waals surface area (Å²) in [6.07, 6.45) is -0.216. The molecule has 19 heavy (non-hydrogen) atoms. The topological polar surface area (TPSA) is 21.3 Å². The van der Waals surface area contributed by atoms with Crippen molar-refractivity contribution >= 4 is 5.69 Å². The fraction of sp³-hybridized carbons (Fsp3) is 0.571. The smallest absolute Gasteiger partial charge is 0.382 e. The number of hydrogen-bond acceptors (Lipinski definition) is 2. The van der Waals surface area contributed by atoms with Crippen LogP contribution in [-0.4, -0.2) is 19.3 Å². The first-order valence-electron chi connectivity index (χ1n) is 6.45. The summed E-state index contributed by atoms with van der Waals surface area (Å²) >= 11 is 0. The summed E-state index contributed by atoms with van der Waals surface area (Å²) in [4.78, 5) is 0. The van der Waals surface area contributed by atoms with E-state index < -0.39 is 11.7 Å². The van der Waals surface area contributed by atoms with Crippen LogP contribution in [0.15, 0.2) is 24.3 Å². The number of hydrogen-bond donors (Lipinski definition) is 1. The Bertz CT molecular complexity index is 419. The molecule has 1 fully saturated rings. The molecular weight excluding hydrogens is 255 g/mol. The summed E-state index contributed by atoms with van der Waals surface area (Å²) in [5.74, 6) is 0. The molecule has 0 heterocycles. The monoisotopic (exact) mass is 273 g/mol. The Hall–Kier alpha value is -1.23. The van der Waals surface area contributed by atoms with Crippen molar-refractivity contribution in [3.05, 3.63) is 29.8 Å². The van der Waals surface area contributed by atoms with Crippen LogP contribution in [0.1, 0.15) is 31.2 Å². The molecule has 1 N–H and O–H groups in total. The average Bonchev–Trinajstić information content (AvgIpc) is 2.38. The van der Waals surface area contributed by atoms with E-state index in [1.54, 1.807) is 13.2 Å². The van der Waals surface area contributed by atoms with Gasteiger partial charge in [0.1, 0.15) is 0 Å². The highest BCUT2D eigenvalue weighted by Gasteiger charge is 2.30. The van der Waals surface area contributed by atoms with E-state index in [1.165, 1.54) is 6.07 Å². The van der Waals surface area contributed by atoms with Crippen LogP contribution in [0, 0.1) is 0 Å². The van der Waals surface area contributed by atoms with Gasteiger partial charge in [-0.15, -0.1) is 0 Å². The lowest BCUT2D eigenvalue weighted by atomic mass is 9.92. The molecule has 0 saturated heterocycles. The lowest BCUT2D eigenvalue weighted by molar-refractivity contribution is -0.137. The Morgan fingerprint density at radius 2 is 2.05 bits per heavy atom. The second-order valence-corrected chi connectivity index (χ2v) is 4.94. The van der Waals surface area contributed by atoms with Crippen LogP contribution in [-0.2, 0) is 10.9 Å². The summed E-state index contributed by atoms with van der Waals surface area (Å²) in [7, 11) is 1.68. The largest absolute Gasteiger partial charge is 0.416 e. The van der Waals surface area contributed by atoms with Crippen LogP contribution in [0.4, 0.5) is 18.9 Å². The third-order valence-electron chi connectivity index (χ3n) is 3.52. The fourth-order valence-corrected chi connectivity index (χ4v) is 2.51. The number of ether oxygens (including phenoxy) is 1. The van der Waals surface area contributed by atoms with Gasteiger partial charge in [0.15, 0.2) is 0 Å². The highest BCUT2D eigenvalue weighted by molar-refractivity contribution is 5.47. The van der Waals surface area contributed by atoms with Gasteiger partial charge < -0.3 is 10.1 Å². The molecule has 5 heteroatoms. The molecule has 0 amide bonds. The van der Waals surface area contributed by atoms with Crippen LogP contribution >= 0.6 is 0 Å². The standard InChI is InChI=1S/C14H18F3NO/c1-19-13-7-3-6-12(9-13)18-11-5-2-4-10(8-11)14(15,16)17/h2,4-5,8,12-13,18H,3,6-7,9H2,1H3. The molecule has 1 aliphatic carbocycles. The van der Waals surface area contributed by atoms with Gasteiger partial charge in [-0.05, 0) is 43.9 Å². The number of benzene rings is 1. The minimum atomic E-state index is -4.29. The summed E-state index contributed by atoms with van der Waals surface area (Å²) in [5, 5.41) is 3.18. The van der Waals surface area contributed by atoms with Crippen LogP contribution < -0.4 is 5.32 Å². The predicted molar refractivity (Wildman–Crippen MR) is 68.1 cm³/mol. The Morgan fingerprint density at radius 3 is 2.74 bits per heavy atom. The molecule has 1 aromatic rings. The van der Waals surface area contributed by atoms with E-state index in [1.807, 2.05) is 0 Å². The molecule has 2 unspecified atom stereocenters. The number of anilines is 1. The Kier molecular flexibility index (Phi) is 4.34. The molecular formula is C14H18F3NO. The number of rotatable bonds is 3. The lowest BCUT2D eigenvalue weighted by Crippen LogP contribution is -2.31. The maximum atomic E-state index is 12.6. The van der Waals surface area contributed by atoms with Crippen molar-refractivity contribution in [1.82, 2.24) is 0 Å². The zero-order valence-electron chi connectivity index (χ0n) is 10.8. The van der Waals surface area contributed by atoms with Crippen LogP contribution in [0.2, 0.25) is 0 Å². The van der Waals surface area contributed by atoms with Crippen LogP contribution in [0.25, 0.3) is 0 Å². The maximum absolute atomic E-state index is 12.6. The minimum Gasteiger partial charge on any atom is -0.382 e. The molecule has 0 bridgehead atoms. The molecule has 0 spiro atoms. The van der Waals surface area contributed by atoms with Gasteiger partial charge in [0, 0.05) is 18.8 Å². The molecule has 1 aliphatic rings. The molecule has 0 radical (unpaired) electrons. The van der Waals surface area contributed by atoms with E-state index in [0.29, 0.717) is 5.69 Å². The normalized spacial score (nSPS) is 24.2. The van der Waals surface area contributed by atoms with E-state index >= 15 is 0 Å². The van der Waals surface area contributed by atoms with Gasteiger partial charge in [0.25, 0.3) is 0 Å². The first-order valence-corrected chi connectivity index (χ1v) is 6.45.